The van der Waals surface area contributed by atoms with Crippen molar-refractivity contribution in [1.29, 1.82) is 0 Å². The zero-order chi connectivity index (χ0) is 14.2. The Bertz CT molecular complexity index is 463. The van der Waals surface area contributed by atoms with Crippen LogP contribution in [-0.4, -0.2) is 44.1 Å². The summed E-state index contributed by atoms with van der Waals surface area (Å²) >= 11 is 0. The number of rotatable bonds is 3. The van der Waals surface area contributed by atoms with Crippen LogP contribution in [0, 0.1) is 0 Å². The summed E-state index contributed by atoms with van der Waals surface area (Å²) in [4.78, 5) is 2.68. The molecule has 2 aliphatic rings. The van der Waals surface area contributed by atoms with Crippen molar-refractivity contribution in [3.8, 4) is 0 Å². The average molecular weight is 277 g/mol. The molecular formula is C15H27N5. The Kier molecular flexibility index (Phi) is 3.58. The molecular weight excluding hydrogens is 250 g/mol. The van der Waals surface area contributed by atoms with Crippen LogP contribution in [0.15, 0.2) is 6.20 Å². The molecule has 2 fully saturated rings. The van der Waals surface area contributed by atoms with E-state index in [0.29, 0.717) is 5.54 Å². The van der Waals surface area contributed by atoms with Crippen molar-refractivity contribution in [3.63, 3.8) is 0 Å². The molecule has 1 saturated carbocycles. The number of aryl methyl sites for hydroxylation is 1. The topological polar surface area (TPSA) is 46.0 Å². The number of aromatic nitrogens is 3. The molecule has 20 heavy (non-hydrogen) atoms. The summed E-state index contributed by atoms with van der Waals surface area (Å²) in [6, 6.07) is 0. The van der Waals surface area contributed by atoms with Gasteiger partial charge in [-0.25, -0.2) is 0 Å². The van der Waals surface area contributed by atoms with E-state index in [1.165, 1.54) is 32.1 Å². The van der Waals surface area contributed by atoms with E-state index in [-0.39, 0.29) is 5.54 Å². The van der Waals surface area contributed by atoms with Crippen molar-refractivity contribution in [2.24, 2.45) is 7.05 Å². The van der Waals surface area contributed by atoms with Crippen LogP contribution in [0.3, 0.4) is 0 Å². The molecule has 5 heteroatoms. The molecule has 0 bridgehead atoms. The van der Waals surface area contributed by atoms with Crippen molar-refractivity contribution in [3.05, 3.63) is 11.9 Å². The van der Waals surface area contributed by atoms with Crippen LogP contribution in [0.1, 0.15) is 51.6 Å². The van der Waals surface area contributed by atoms with Crippen LogP contribution < -0.4 is 5.32 Å². The predicted octanol–water partition coefficient (Wildman–Crippen LogP) is 1.70. The van der Waals surface area contributed by atoms with E-state index in [1.807, 2.05) is 13.2 Å². The van der Waals surface area contributed by atoms with E-state index in [4.69, 9.17) is 0 Å². The van der Waals surface area contributed by atoms with Gasteiger partial charge >= 0.3 is 0 Å². The maximum Gasteiger partial charge on any atom is 0.0967 e. The molecule has 1 spiro atoms. The van der Waals surface area contributed by atoms with Gasteiger partial charge < -0.3 is 5.32 Å². The van der Waals surface area contributed by atoms with Gasteiger partial charge in [-0.2, -0.15) is 0 Å². The van der Waals surface area contributed by atoms with Crippen molar-refractivity contribution in [2.45, 2.75) is 63.6 Å². The molecule has 0 aromatic carbocycles. The Hall–Kier alpha value is -0.940. The van der Waals surface area contributed by atoms with Crippen LogP contribution in [-0.2, 0) is 13.6 Å². The second kappa shape index (κ2) is 5.11. The van der Waals surface area contributed by atoms with E-state index in [0.717, 1.165) is 25.3 Å². The maximum atomic E-state index is 4.29. The zero-order valence-electron chi connectivity index (χ0n) is 13.0. The lowest BCUT2D eigenvalue weighted by atomic mass is 9.85. The molecule has 0 amide bonds. The molecule has 1 unspecified atom stereocenters. The molecule has 3 rings (SSSR count). The van der Waals surface area contributed by atoms with Gasteiger partial charge in [-0.15, -0.1) is 5.10 Å². The van der Waals surface area contributed by atoms with Crippen LogP contribution in [0.5, 0.6) is 0 Å². The molecule has 2 heterocycles. The van der Waals surface area contributed by atoms with E-state index in [9.17, 15) is 0 Å². The third-order valence-corrected chi connectivity index (χ3v) is 5.37. The molecule has 1 aromatic rings. The van der Waals surface area contributed by atoms with Crippen LogP contribution >= 0.6 is 0 Å². The minimum Gasteiger partial charge on any atom is -0.308 e. The van der Waals surface area contributed by atoms with Crippen LogP contribution in [0.25, 0.3) is 0 Å². The highest BCUT2D eigenvalue weighted by Gasteiger charge is 2.46. The molecule has 1 saturated heterocycles. The Labute approximate surface area is 121 Å². The standard InChI is InChI=1S/C15H27N5/c1-4-14(2)12-20(10-13-9-19(3)18-17-13)15(11-16-14)7-5-6-8-15/h9,16H,4-8,10-12H2,1-3H3. The van der Waals surface area contributed by atoms with Gasteiger partial charge in [0.05, 0.1) is 5.69 Å². The summed E-state index contributed by atoms with van der Waals surface area (Å²) in [7, 11) is 1.94. The lowest BCUT2D eigenvalue weighted by Crippen LogP contribution is -2.67. The monoisotopic (exact) mass is 277 g/mol. The number of hydrogen-bond donors (Lipinski definition) is 1. The Morgan fingerprint density at radius 3 is 2.70 bits per heavy atom. The molecule has 5 nitrogen and oxygen atoms in total. The lowest BCUT2D eigenvalue weighted by molar-refractivity contribution is 0.00443. The first-order valence-electron chi connectivity index (χ1n) is 7.91. The van der Waals surface area contributed by atoms with Crippen LogP contribution in [0.4, 0.5) is 0 Å². The van der Waals surface area contributed by atoms with E-state index in [2.05, 4.69) is 34.4 Å². The third kappa shape index (κ3) is 2.49. The Balaban J connectivity index is 1.81. The number of piperazine rings is 1. The summed E-state index contributed by atoms with van der Waals surface area (Å²) in [5.74, 6) is 0. The minimum atomic E-state index is 0.232. The fourth-order valence-electron chi connectivity index (χ4n) is 3.78. The number of nitrogens with one attached hydrogen (secondary N) is 1. The smallest absolute Gasteiger partial charge is 0.0967 e. The fourth-order valence-corrected chi connectivity index (χ4v) is 3.78. The van der Waals surface area contributed by atoms with Crippen LogP contribution in [0.2, 0.25) is 0 Å². The lowest BCUT2D eigenvalue weighted by Gasteiger charge is -2.52. The van der Waals surface area contributed by atoms with E-state index >= 15 is 0 Å². The summed E-state index contributed by atoms with van der Waals surface area (Å²) in [6.45, 7) is 7.79. The Morgan fingerprint density at radius 2 is 2.10 bits per heavy atom. The maximum absolute atomic E-state index is 4.29. The number of nitrogens with zero attached hydrogens (tertiary/aromatic N) is 4. The summed E-state index contributed by atoms with van der Waals surface area (Å²) < 4.78 is 1.80. The quantitative estimate of drug-likeness (QED) is 0.913. The highest BCUT2D eigenvalue weighted by molar-refractivity contribution is 5.07. The summed E-state index contributed by atoms with van der Waals surface area (Å²) in [5, 5.41) is 12.2. The first-order chi connectivity index (χ1) is 9.55. The van der Waals surface area contributed by atoms with Crippen molar-refractivity contribution >= 4 is 0 Å². The second-order valence-electron chi connectivity index (χ2n) is 6.94. The van der Waals surface area contributed by atoms with E-state index in [1.54, 1.807) is 4.68 Å². The van der Waals surface area contributed by atoms with Gasteiger partial charge in [-0.1, -0.05) is 25.0 Å². The SMILES string of the molecule is CCC1(C)CN(Cc2cn(C)nn2)C2(CCCC2)CN1. The van der Waals surface area contributed by atoms with Gasteiger partial charge in [-0.05, 0) is 26.2 Å². The molecule has 0 radical (unpaired) electrons. The van der Waals surface area contributed by atoms with Gasteiger partial charge in [0.2, 0.25) is 0 Å². The average Bonchev–Trinajstić information content (AvgIpc) is 3.05. The van der Waals surface area contributed by atoms with Gasteiger partial charge in [0.25, 0.3) is 0 Å². The highest BCUT2D eigenvalue weighted by atomic mass is 15.4. The van der Waals surface area contributed by atoms with Gasteiger partial charge in [0.1, 0.15) is 0 Å². The first kappa shape index (κ1) is 14.0. The largest absolute Gasteiger partial charge is 0.308 e. The third-order valence-electron chi connectivity index (χ3n) is 5.37. The Morgan fingerprint density at radius 1 is 1.35 bits per heavy atom. The minimum absolute atomic E-state index is 0.232. The second-order valence-corrected chi connectivity index (χ2v) is 6.94. The van der Waals surface area contributed by atoms with E-state index < -0.39 is 0 Å². The predicted molar refractivity (Wildman–Crippen MR) is 79.3 cm³/mol. The van der Waals surface area contributed by atoms with Gasteiger partial charge in [0.15, 0.2) is 0 Å². The molecule has 112 valence electrons. The fraction of sp³-hybridized carbons (Fsp3) is 0.867. The van der Waals surface area contributed by atoms with Gasteiger partial charge in [-0.3, -0.25) is 9.58 Å². The summed E-state index contributed by atoms with van der Waals surface area (Å²) in [5.41, 5.74) is 1.68. The molecule has 1 aromatic heterocycles. The first-order valence-corrected chi connectivity index (χ1v) is 7.91. The van der Waals surface area contributed by atoms with Gasteiger partial charge in [0, 0.05) is 44.0 Å². The normalized spacial score (nSPS) is 30.1. The van der Waals surface area contributed by atoms with Crippen molar-refractivity contribution in [1.82, 2.24) is 25.2 Å². The molecule has 1 atom stereocenters. The zero-order valence-corrected chi connectivity index (χ0v) is 13.0. The van der Waals surface area contributed by atoms with Crippen molar-refractivity contribution in [2.75, 3.05) is 13.1 Å². The van der Waals surface area contributed by atoms with Crippen molar-refractivity contribution < 1.29 is 0 Å². The molecule has 1 N–H and O–H groups in total. The molecule has 1 aliphatic carbocycles. The highest BCUT2D eigenvalue weighted by Crippen LogP contribution is 2.39. The molecule has 1 aliphatic heterocycles. The summed E-state index contributed by atoms with van der Waals surface area (Å²) in [6.07, 6.45) is 8.58. The number of hydrogen-bond acceptors (Lipinski definition) is 4.